The lowest BCUT2D eigenvalue weighted by molar-refractivity contribution is -0.131. The Kier molecular flexibility index (Phi) is 4.37. The summed E-state index contributed by atoms with van der Waals surface area (Å²) in [6, 6.07) is 14.0. The number of carbonyl (C=O) groups excluding carboxylic acids is 1. The number of amides is 1. The third-order valence-corrected chi connectivity index (χ3v) is 6.56. The zero-order valence-corrected chi connectivity index (χ0v) is 16.4. The van der Waals surface area contributed by atoms with Crippen LogP contribution in [-0.2, 0) is 11.3 Å². The van der Waals surface area contributed by atoms with E-state index in [0.29, 0.717) is 17.5 Å². The average molecular weight is 395 g/mol. The summed E-state index contributed by atoms with van der Waals surface area (Å²) in [7, 11) is 0. The molecule has 2 N–H and O–H groups in total. The van der Waals surface area contributed by atoms with Crippen LogP contribution >= 0.6 is 11.6 Å². The van der Waals surface area contributed by atoms with Gasteiger partial charge in [0, 0.05) is 23.8 Å². The summed E-state index contributed by atoms with van der Waals surface area (Å²) < 4.78 is 2.02. The molecule has 1 saturated heterocycles. The van der Waals surface area contributed by atoms with E-state index in [4.69, 9.17) is 11.6 Å². The quantitative estimate of drug-likeness (QED) is 0.694. The van der Waals surface area contributed by atoms with Gasteiger partial charge in [-0.05, 0) is 61.6 Å². The predicted molar refractivity (Wildman–Crippen MR) is 111 cm³/mol. The molecule has 6 heteroatoms. The summed E-state index contributed by atoms with van der Waals surface area (Å²) in [6.07, 6.45) is 5.08. The summed E-state index contributed by atoms with van der Waals surface area (Å²) >= 11 is 6.55. The van der Waals surface area contributed by atoms with Crippen molar-refractivity contribution in [3.63, 3.8) is 0 Å². The van der Waals surface area contributed by atoms with Crippen molar-refractivity contribution in [1.82, 2.24) is 20.2 Å². The monoisotopic (exact) mass is 394 g/mol. The highest BCUT2D eigenvalue weighted by Gasteiger charge is 2.52. The first-order valence-electron chi connectivity index (χ1n) is 9.87. The minimum atomic E-state index is -0.220. The Morgan fingerprint density at radius 2 is 2.14 bits per heavy atom. The van der Waals surface area contributed by atoms with Gasteiger partial charge in [-0.3, -0.25) is 9.36 Å². The van der Waals surface area contributed by atoms with Crippen molar-refractivity contribution in [2.75, 3.05) is 13.1 Å². The van der Waals surface area contributed by atoms with E-state index in [9.17, 15) is 4.79 Å². The molecule has 2 aliphatic rings. The van der Waals surface area contributed by atoms with Crippen LogP contribution in [0.15, 0.2) is 48.8 Å². The lowest BCUT2D eigenvalue weighted by Crippen LogP contribution is -2.43. The van der Waals surface area contributed by atoms with Crippen LogP contribution in [0.5, 0.6) is 0 Å². The first-order valence-corrected chi connectivity index (χ1v) is 10.3. The zero-order chi connectivity index (χ0) is 19.1. The van der Waals surface area contributed by atoms with Crippen molar-refractivity contribution in [3.05, 3.63) is 59.4 Å². The van der Waals surface area contributed by atoms with E-state index in [1.807, 2.05) is 53.4 Å². The van der Waals surface area contributed by atoms with Gasteiger partial charge in [0.15, 0.2) is 0 Å². The van der Waals surface area contributed by atoms with Gasteiger partial charge in [-0.25, -0.2) is 4.98 Å². The normalized spacial score (nSPS) is 21.9. The van der Waals surface area contributed by atoms with Crippen LogP contribution in [0.1, 0.15) is 24.8 Å². The highest BCUT2D eigenvalue weighted by atomic mass is 35.5. The van der Waals surface area contributed by atoms with Gasteiger partial charge in [-0.1, -0.05) is 29.8 Å². The number of aromatic nitrogens is 2. The van der Waals surface area contributed by atoms with Crippen LogP contribution in [0.2, 0.25) is 5.02 Å². The SMILES string of the molecule is O=C(NCc1ccc(-n2cnc3ccccc32)cc1Cl)C1(C2CC2)CCNC1. The molecule has 28 heavy (non-hydrogen) atoms. The molecule has 2 aromatic carbocycles. The number of hydrogen-bond acceptors (Lipinski definition) is 3. The second-order valence-electron chi connectivity index (χ2n) is 7.92. The minimum absolute atomic E-state index is 0.167. The van der Waals surface area contributed by atoms with Crippen LogP contribution in [0.4, 0.5) is 0 Å². The second-order valence-corrected chi connectivity index (χ2v) is 8.33. The van der Waals surface area contributed by atoms with Gasteiger partial charge in [-0.2, -0.15) is 0 Å². The number of para-hydroxylation sites is 2. The van der Waals surface area contributed by atoms with Gasteiger partial charge >= 0.3 is 0 Å². The average Bonchev–Trinajstić information content (AvgIpc) is 3.29. The third kappa shape index (κ3) is 2.99. The maximum absolute atomic E-state index is 12.9. The molecule has 1 unspecified atom stereocenters. The first kappa shape index (κ1) is 17.7. The van der Waals surface area contributed by atoms with Gasteiger partial charge in [0.25, 0.3) is 0 Å². The number of imidazole rings is 1. The number of nitrogens with zero attached hydrogens (tertiary/aromatic N) is 2. The minimum Gasteiger partial charge on any atom is -0.351 e. The molecule has 0 bridgehead atoms. The maximum Gasteiger partial charge on any atom is 0.228 e. The van der Waals surface area contributed by atoms with E-state index in [0.717, 1.165) is 41.8 Å². The predicted octanol–water partition coefficient (Wildman–Crippen LogP) is 3.68. The molecule has 1 aliphatic heterocycles. The Morgan fingerprint density at radius 1 is 1.29 bits per heavy atom. The topological polar surface area (TPSA) is 59.0 Å². The van der Waals surface area contributed by atoms with Gasteiger partial charge in [0.1, 0.15) is 6.33 Å². The molecular formula is C22H23ClN4O. The molecule has 1 aromatic heterocycles. The molecule has 3 aromatic rings. The van der Waals surface area contributed by atoms with Crippen molar-refractivity contribution < 1.29 is 4.79 Å². The largest absolute Gasteiger partial charge is 0.351 e. The number of hydrogen-bond donors (Lipinski definition) is 2. The van der Waals surface area contributed by atoms with Gasteiger partial charge in [-0.15, -0.1) is 0 Å². The molecule has 0 radical (unpaired) electrons. The van der Waals surface area contributed by atoms with Crippen LogP contribution in [0, 0.1) is 11.3 Å². The molecule has 5 nitrogen and oxygen atoms in total. The Balaban J connectivity index is 1.33. The molecule has 2 fully saturated rings. The zero-order valence-electron chi connectivity index (χ0n) is 15.6. The standard InChI is InChI=1S/C22H23ClN4O/c23-18-11-17(27-14-26-19-3-1-2-4-20(19)27)8-5-15(18)12-25-21(28)22(16-6-7-16)9-10-24-13-22/h1-5,8,11,14,16,24H,6-7,9-10,12-13H2,(H,25,28). The number of carbonyl (C=O) groups is 1. The lowest BCUT2D eigenvalue weighted by Gasteiger charge is -2.27. The van der Waals surface area contributed by atoms with Crippen LogP contribution < -0.4 is 10.6 Å². The molecule has 0 spiro atoms. The fourth-order valence-electron chi connectivity index (χ4n) is 4.42. The van der Waals surface area contributed by atoms with E-state index in [-0.39, 0.29) is 11.3 Å². The second kappa shape index (κ2) is 6.90. The van der Waals surface area contributed by atoms with Crippen molar-refractivity contribution in [2.24, 2.45) is 11.3 Å². The van der Waals surface area contributed by atoms with E-state index in [1.165, 1.54) is 12.8 Å². The Hall–Kier alpha value is -2.37. The summed E-state index contributed by atoms with van der Waals surface area (Å²) in [5.41, 5.74) is 3.66. The molecule has 2 heterocycles. The Morgan fingerprint density at radius 3 is 2.89 bits per heavy atom. The number of benzene rings is 2. The Bertz CT molecular complexity index is 1030. The van der Waals surface area contributed by atoms with E-state index in [1.54, 1.807) is 0 Å². The molecular weight excluding hydrogens is 372 g/mol. The highest BCUT2D eigenvalue weighted by molar-refractivity contribution is 6.31. The number of nitrogens with one attached hydrogen (secondary N) is 2. The first-order chi connectivity index (χ1) is 13.7. The van der Waals surface area contributed by atoms with Crippen LogP contribution in [0.3, 0.4) is 0 Å². The van der Waals surface area contributed by atoms with Crippen molar-refractivity contribution >= 4 is 28.5 Å². The van der Waals surface area contributed by atoms with Crippen molar-refractivity contribution in [1.29, 1.82) is 0 Å². The van der Waals surface area contributed by atoms with Gasteiger partial charge < -0.3 is 10.6 Å². The number of fused-ring (bicyclic) bond motifs is 1. The molecule has 1 aliphatic carbocycles. The van der Waals surface area contributed by atoms with Gasteiger partial charge in [0.2, 0.25) is 5.91 Å². The summed E-state index contributed by atoms with van der Waals surface area (Å²) in [5.74, 6) is 0.704. The van der Waals surface area contributed by atoms with E-state index in [2.05, 4.69) is 15.6 Å². The van der Waals surface area contributed by atoms with E-state index < -0.39 is 0 Å². The number of halogens is 1. The third-order valence-electron chi connectivity index (χ3n) is 6.21. The van der Waals surface area contributed by atoms with E-state index >= 15 is 0 Å². The molecule has 1 atom stereocenters. The molecule has 144 valence electrons. The summed E-state index contributed by atoms with van der Waals surface area (Å²) in [5, 5.41) is 7.17. The molecule has 1 amide bonds. The van der Waals surface area contributed by atoms with Crippen molar-refractivity contribution in [3.8, 4) is 5.69 Å². The molecule has 5 rings (SSSR count). The summed E-state index contributed by atoms with van der Waals surface area (Å²) in [4.78, 5) is 17.4. The fraction of sp³-hybridized carbons (Fsp3) is 0.364. The van der Waals surface area contributed by atoms with Crippen LogP contribution in [-0.4, -0.2) is 28.5 Å². The van der Waals surface area contributed by atoms with Crippen LogP contribution in [0.25, 0.3) is 16.7 Å². The maximum atomic E-state index is 12.9. The summed E-state index contributed by atoms with van der Waals surface area (Å²) in [6.45, 7) is 2.18. The number of rotatable bonds is 5. The molecule has 1 saturated carbocycles. The lowest BCUT2D eigenvalue weighted by atomic mass is 9.80. The van der Waals surface area contributed by atoms with Crippen molar-refractivity contribution in [2.45, 2.75) is 25.8 Å². The smallest absolute Gasteiger partial charge is 0.228 e. The Labute approximate surface area is 169 Å². The fourth-order valence-corrected chi connectivity index (χ4v) is 4.66. The van der Waals surface area contributed by atoms with Gasteiger partial charge in [0.05, 0.1) is 16.4 Å². The highest BCUT2D eigenvalue weighted by Crippen LogP contribution is 2.49.